The predicted octanol–water partition coefficient (Wildman–Crippen LogP) is 3.54. The average molecular weight is 444 g/mol. The van der Waals surface area contributed by atoms with Crippen LogP contribution >= 0.6 is 23.4 Å². The molecule has 9 heteroatoms. The van der Waals surface area contributed by atoms with E-state index in [0.29, 0.717) is 16.0 Å². The van der Waals surface area contributed by atoms with Crippen molar-refractivity contribution in [2.24, 2.45) is 7.05 Å². The number of rotatable bonds is 8. The Morgan fingerprint density at radius 3 is 2.57 bits per heavy atom. The van der Waals surface area contributed by atoms with Gasteiger partial charge in [0.25, 0.3) is 0 Å². The van der Waals surface area contributed by atoms with Crippen molar-refractivity contribution in [3.8, 4) is 11.4 Å². The largest absolute Gasteiger partial charge is 0.346 e. The fourth-order valence-electron chi connectivity index (χ4n) is 2.82. The number of thioether (sulfide) groups is 1. The lowest BCUT2D eigenvalue weighted by Gasteiger charge is -2.10. The molecule has 0 aliphatic carbocycles. The molecule has 2 aromatic carbocycles. The molecule has 3 aromatic rings. The smallest absolute Gasteiger partial charge is 0.243 e. The van der Waals surface area contributed by atoms with E-state index in [0.717, 1.165) is 23.2 Å². The van der Waals surface area contributed by atoms with Crippen molar-refractivity contribution in [3.63, 3.8) is 0 Å². The molecule has 0 unspecified atom stereocenters. The maximum absolute atomic E-state index is 12.1. The Morgan fingerprint density at radius 1 is 1.07 bits per heavy atom. The molecular weight excluding hydrogens is 422 g/mol. The summed E-state index contributed by atoms with van der Waals surface area (Å²) in [5.41, 5.74) is 2.58. The summed E-state index contributed by atoms with van der Waals surface area (Å²) >= 11 is 7.47. The van der Waals surface area contributed by atoms with Gasteiger partial charge in [0.15, 0.2) is 11.0 Å². The van der Waals surface area contributed by atoms with Crippen molar-refractivity contribution in [1.29, 1.82) is 0 Å². The third-order valence-corrected chi connectivity index (χ3v) is 5.75. The zero-order chi connectivity index (χ0) is 21.5. The van der Waals surface area contributed by atoms with Gasteiger partial charge in [0.2, 0.25) is 11.8 Å². The third kappa shape index (κ3) is 5.40. The van der Waals surface area contributed by atoms with Crippen molar-refractivity contribution in [2.45, 2.75) is 18.5 Å². The highest BCUT2D eigenvalue weighted by molar-refractivity contribution is 7.99. The van der Waals surface area contributed by atoms with Gasteiger partial charge in [-0.05, 0) is 30.2 Å². The molecule has 0 atom stereocenters. The highest BCUT2D eigenvalue weighted by Gasteiger charge is 2.15. The first-order chi connectivity index (χ1) is 14.5. The number of hydrogen-bond acceptors (Lipinski definition) is 5. The van der Waals surface area contributed by atoms with Gasteiger partial charge in [-0.1, -0.05) is 60.6 Å². The van der Waals surface area contributed by atoms with Crippen molar-refractivity contribution < 1.29 is 9.59 Å². The van der Waals surface area contributed by atoms with E-state index in [2.05, 4.69) is 20.8 Å². The number of para-hydroxylation sites is 1. The summed E-state index contributed by atoms with van der Waals surface area (Å²) in [5, 5.41) is 14.9. The molecule has 0 aliphatic rings. The number of halogens is 1. The molecule has 1 heterocycles. The van der Waals surface area contributed by atoms with Crippen LogP contribution in [0.2, 0.25) is 5.02 Å². The summed E-state index contributed by atoms with van der Waals surface area (Å²) in [5.74, 6) is 0.209. The molecule has 0 fully saturated rings. The van der Waals surface area contributed by atoms with E-state index in [1.54, 1.807) is 10.6 Å². The van der Waals surface area contributed by atoms with Gasteiger partial charge in [0, 0.05) is 18.3 Å². The molecule has 3 rings (SSSR count). The lowest BCUT2D eigenvalue weighted by molar-refractivity contribution is -0.122. The topological polar surface area (TPSA) is 88.9 Å². The highest BCUT2D eigenvalue weighted by atomic mass is 35.5. The van der Waals surface area contributed by atoms with Crippen LogP contribution in [-0.4, -0.2) is 38.9 Å². The van der Waals surface area contributed by atoms with Crippen LogP contribution in [0.25, 0.3) is 11.4 Å². The Kier molecular flexibility index (Phi) is 7.48. The van der Waals surface area contributed by atoms with E-state index >= 15 is 0 Å². The summed E-state index contributed by atoms with van der Waals surface area (Å²) in [4.78, 5) is 24.3. The van der Waals surface area contributed by atoms with E-state index in [-0.39, 0.29) is 24.1 Å². The molecule has 156 valence electrons. The summed E-state index contributed by atoms with van der Waals surface area (Å²) in [6, 6.07) is 15.0. The van der Waals surface area contributed by atoms with Crippen LogP contribution in [0.3, 0.4) is 0 Å². The summed E-state index contributed by atoms with van der Waals surface area (Å²) in [6.45, 7) is 1.93. The molecule has 30 heavy (non-hydrogen) atoms. The Morgan fingerprint density at radius 2 is 1.80 bits per heavy atom. The number of amides is 2. The first kappa shape index (κ1) is 21.9. The van der Waals surface area contributed by atoms with Crippen molar-refractivity contribution in [1.82, 2.24) is 20.1 Å². The molecule has 0 saturated carbocycles. The van der Waals surface area contributed by atoms with Gasteiger partial charge in [0.05, 0.1) is 17.3 Å². The lowest BCUT2D eigenvalue weighted by Crippen LogP contribution is -2.34. The van der Waals surface area contributed by atoms with Gasteiger partial charge in [-0.3, -0.25) is 9.59 Å². The maximum atomic E-state index is 12.1. The van der Waals surface area contributed by atoms with Crippen molar-refractivity contribution >= 4 is 40.9 Å². The first-order valence-corrected chi connectivity index (χ1v) is 10.8. The number of carbonyl (C=O) groups is 2. The molecular formula is C21H22ClN5O2S. The van der Waals surface area contributed by atoms with Crippen molar-refractivity contribution in [3.05, 3.63) is 59.1 Å². The number of nitrogens with zero attached hydrogens (tertiary/aromatic N) is 3. The van der Waals surface area contributed by atoms with Crippen LogP contribution in [0, 0.1) is 0 Å². The van der Waals surface area contributed by atoms with Crippen LogP contribution in [-0.2, 0) is 23.1 Å². The Balaban J connectivity index is 1.50. The molecule has 7 nitrogen and oxygen atoms in total. The maximum Gasteiger partial charge on any atom is 0.243 e. The van der Waals surface area contributed by atoms with E-state index in [4.69, 9.17) is 11.6 Å². The minimum absolute atomic E-state index is 0.0961. The molecule has 2 amide bonds. The van der Waals surface area contributed by atoms with Gasteiger partial charge in [-0.15, -0.1) is 10.2 Å². The van der Waals surface area contributed by atoms with Crippen LogP contribution in [0.15, 0.2) is 53.7 Å². The summed E-state index contributed by atoms with van der Waals surface area (Å²) in [7, 11) is 1.82. The van der Waals surface area contributed by atoms with Crippen LogP contribution < -0.4 is 10.6 Å². The van der Waals surface area contributed by atoms with Gasteiger partial charge in [-0.25, -0.2) is 0 Å². The van der Waals surface area contributed by atoms with E-state index < -0.39 is 0 Å². The molecule has 0 spiro atoms. The van der Waals surface area contributed by atoms with E-state index in [1.807, 2.05) is 56.4 Å². The van der Waals surface area contributed by atoms with Gasteiger partial charge in [-0.2, -0.15) is 0 Å². The fraction of sp³-hybridized carbons (Fsp3) is 0.238. The standard InChI is InChI=1S/C21H22ClN5O2S/c1-3-14-8-4-7-11-17(14)24-18(28)12-23-19(29)13-30-21-26-25-20(27(21)2)15-9-5-6-10-16(15)22/h4-11H,3,12-13H2,1-2H3,(H,23,29)(H,24,28). The summed E-state index contributed by atoms with van der Waals surface area (Å²) in [6.07, 6.45) is 0.813. The number of carbonyl (C=O) groups excluding carboxylic acids is 2. The fourth-order valence-corrected chi connectivity index (χ4v) is 3.78. The zero-order valence-electron chi connectivity index (χ0n) is 16.7. The first-order valence-electron chi connectivity index (χ1n) is 9.41. The third-order valence-electron chi connectivity index (χ3n) is 4.40. The Labute approximate surface area is 184 Å². The van der Waals surface area contributed by atoms with Crippen LogP contribution in [0.4, 0.5) is 5.69 Å². The van der Waals surface area contributed by atoms with Crippen LogP contribution in [0.1, 0.15) is 12.5 Å². The quantitative estimate of drug-likeness (QED) is 0.520. The zero-order valence-corrected chi connectivity index (χ0v) is 18.3. The van der Waals surface area contributed by atoms with E-state index in [9.17, 15) is 9.59 Å². The SMILES string of the molecule is CCc1ccccc1NC(=O)CNC(=O)CSc1nnc(-c2ccccc2Cl)n1C. The molecule has 0 saturated heterocycles. The number of nitrogens with one attached hydrogen (secondary N) is 2. The number of aromatic nitrogens is 3. The number of aryl methyl sites for hydroxylation is 1. The van der Waals surface area contributed by atoms with Crippen LogP contribution in [0.5, 0.6) is 0 Å². The van der Waals surface area contributed by atoms with Gasteiger partial charge in [0.1, 0.15) is 0 Å². The number of benzene rings is 2. The molecule has 0 radical (unpaired) electrons. The number of hydrogen-bond donors (Lipinski definition) is 2. The second-order valence-corrected chi connectivity index (χ2v) is 7.82. The second-order valence-electron chi connectivity index (χ2n) is 6.47. The van der Waals surface area contributed by atoms with E-state index in [1.165, 1.54) is 11.8 Å². The lowest BCUT2D eigenvalue weighted by atomic mass is 10.1. The van der Waals surface area contributed by atoms with Gasteiger partial charge < -0.3 is 15.2 Å². The molecule has 1 aromatic heterocycles. The normalized spacial score (nSPS) is 10.6. The molecule has 0 aliphatic heterocycles. The molecule has 0 bridgehead atoms. The van der Waals surface area contributed by atoms with Crippen molar-refractivity contribution in [2.75, 3.05) is 17.6 Å². The summed E-state index contributed by atoms with van der Waals surface area (Å²) < 4.78 is 1.79. The second kappa shape index (κ2) is 10.3. The minimum atomic E-state index is -0.270. The number of anilines is 1. The average Bonchev–Trinajstić information content (AvgIpc) is 3.11. The highest BCUT2D eigenvalue weighted by Crippen LogP contribution is 2.28. The monoisotopic (exact) mass is 443 g/mol. The predicted molar refractivity (Wildman–Crippen MR) is 120 cm³/mol. The Hall–Kier alpha value is -2.84. The minimum Gasteiger partial charge on any atom is -0.346 e. The van der Waals surface area contributed by atoms with Gasteiger partial charge >= 0.3 is 0 Å². The molecule has 2 N–H and O–H groups in total. The Bertz CT molecular complexity index is 1050.